The molecule has 1 aliphatic heterocycles. The van der Waals surface area contributed by atoms with E-state index >= 15 is 0 Å². The predicted molar refractivity (Wildman–Crippen MR) is 133 cm³/mol. The summed E-state index contributed by atoms with van der Waals surface area (Å²) in [4.78, 5) is 4.94. The summed E-state index contributed by atoms with van der Waals surface area (Å²) in [6.07, 6.45) is 20.1. The van der Waals surface area contributed by atoms with Gasteiger partial charge in [0.25, 0.3) is 0 Å². The summed E-state index contributed by atoms with van der Waals surface area (Å²) in [5, 5.41) is 0. The van der Waals surface area contributed by atoms with E-state index < -0.39 is 0 Å². The van der Waals surface area contributed by atoms with E-state index in [4.69, 9.17) is 0 Å². The maximum absolute atomic E-state index is 4.20. The first-order valence-electron chi connectivity index (χ1n) is 10.6. The third-order valence-electron chi connectivity index (χ3n) is 5.45. The van der Waals surface area contributed by atoms with E-state index in [1.807, 2.05) is 24.3 Å². The van der Waals surface area contributed by atoms with E-state index in [-0.39, 0.29) is 0 Å². The fraction of sp³-hybridized carbons (Fsp3) is 0.214. The minimum absolute atomic E-state index is 0.906. The lowest BCUT2D eigenvalue weighted by atomic mass is 9.99. The molecule has 154 valence electrons. The third kappa shape index (κ3) is 5.01. The molecular weight excluding hydrogens is 364 g/mol. The van der Waals surface area contributed by atoms with Crippen molar-refractivity contribution in [3.8, 4) is 0 Å². The largest absolute Gasteiger partial charge is 0.341 e. The van der Waals surface area contributed by atoms with Crippen LogP contribution in [0.25, 0.3) is 0 Å². The molecule has 0 saturated carbocycles. The van der Waals surface area contributed by atoms with Crippen LogP contribution in [0.4, 0.5) is 11.4 Å². The Morgan fingerprint density at radius 1 is 0.867 bits per heavy atom. The first kappa shape index (κ1) is 21.4. The van der Waals surface area contributed by atoms with Crippen LogP contribution in [0.5, 0.6) is 0 Å². The topological polar surface area (TPSA) is 6.48 Å². The molecule has 0 N–H and O–H groups in total. The van der Waals surface area contributed by atoms with E-state index in [2.05, 4.69) is 72.5 Å². The normalized spacial score (nSPS) is 15.5. The summed E-state index contributed by atoms with van der Waals surface area (Å²) >= 11 is 0. The molecule has 0 radical (unpaired) electrons. The van der Waals surface area contributed by atoms with Crippen LogP contribution in [0.3, 0.4) is 0 Å². The lowest BCUT2D eigenvalue weighted by molar-refractivity contribution is 0.752. The van der Waals surface area contributed by atoms with Gasteiger partial charge in [-0.15, -0.1) is 0 Å². The van der Waals surface area contributed by atoms with Gasteiger partial charge in [0.15, 0.2) is 0 Å². The summed E-state index contributed by atoms with van der Waals surface area (Å²) in [6, 6.07) is 8.72. The van der Waals surface area contributed by atoms with Crippen molar-refractivity contribution in [1.29, 1.82) is 0 Å². The average molecular weight is 397 g/mol. The highest BCUT2D eigenvalue weighted by Crippen LogP contribution is 2.43. The molecule has 0 saturated heterocycles. The zero-order valence-electron chi connectivity index (χ0n) is 17.9. The molecule has 0 aromatic heterocycles. The molecule has 1 aliphatic carbocycles. The summed E-state index contributed by atoms with van der Waals surface area (Å²) in [7, 11) is 0. The van der Waals surface area contributed by atoms with Crippen LogP contribution in [-0.4, -0.2) is 13.1 Å². The average Bonchev–Trinajstić information content (AvgIpc) is 2.78. The zero-order chi connectivity index (χ0) is 21.3. The van der Waals surface area contributed by atoms with Crippen LogP contribution >= 0.6 is 0 Å². The first-order valence-corrected chi connectivity index (χ1v) is 10.6. The Morgan fingerprint density at radius 2 is 1.43 bits per heavy atom. The van der Waals surface area contributed by atoms with Crippen LogP contribution in [0, 0.1) is 0 Å². The van der Waals surface area contributed by atoms with Crippen LogP contribution in [-0.2, 0) is 0 Å². The molecule has 0 fully saturated rings. The fourth-order valence-corrected chi connectivity index (χ4v) is 3.94. The fourth-order valence-electron chi connectivity index (χ4n) is 3.94. The second-order valence-electron chi connectivity index (χ2n) is 7.57. The number of allylic oxidation sites excluding steroid dienone is 9. The number of anilines is 2. The Morgan fingerprint density at radius 3 is 2.03 bits per heavy atom. The number of fused-ring (bicyclic) bond motifs is 1. The summed E-state index contributed by atoms with van der Waals surface area (Å²) in [6.45, 7) is 17.7. The number of hydrogen-bond donors (Lipinski definition) is 0. The molecule has 1 heterocycles. The minimum Gasteiger partial charge on any atom is -0.341 e. The molecule has 0 bridgehead atoms. The molecule has 0 unspecified atom stereocenters. The molecule has 3 rings (SSSR count). The van der Waals surface area contributed by atoms with Crippen molar-refractivity contribution in [3.63, 3.8) is 0 Å². The number of rotatable bonds is 10. The van der Waals surface area contributed by atoms with Gasteiger partial charge in [-0.25, -0.2) is 0 Å². The second kappa shape index (κ2) is 10.5. The lowest BCUT2D eigenvalue weighted by Gasteiger charge is -2.42. The maximum atomic E-state index is 4.20. The van der Waals surface area contributed by atoms with Gasteiger partial charge >= 0.3 is 0 Å². The Kier molecular flexibility index (Phi) is 7.51. The number of hydrogen-bond acceptors (Lipinski definition) is 2. The SMILES string of the molecule is C=CC=CC(=C)CCN1C2=C(CCC=C2)N(CCC(=C)C=CC=C)c2ccccc21. The molecular formula is C28H32N2. The molecule has 0 spiro atoms. The van der Waals surface area contributed by atoms with Crippen molar-refractivity contribution in [2.75, 3.05) is 22.9 Å². The van der Waals surface area contributed by atoms with Crippen molar-refractivity contribution >= 4 is 11.4 Å². The Balaban J connectivity index is 1.88. The smallest absolute Gasteiger partial charge is 0.0652 e. The van der Waals surface area contributed by atoms with Crippen LogP contribution in [0.1, 0.15) is 25.7 Å². The summed E-state index contributed by atoms with van der Waals surface area (Å²) in [5.74, 6) is 0. The van der Waals surface area contributed by atoms with E-state index in [0.717, 1.165) is 49.9 Å². The van der Waals surface area contributed by atoms with E-state index in [9.17, 15) is 0 Å². The van der Waals surface area contributed by atoms with E-state index in [1.54, 1.807) is 12.2 Å². The van der Waals surface area contributed by atoms with Gasteiger partial charge in [-0.3, -0.25) is 0 Å². The lowest BCUT2D eigenvalue weighted by Crippen LogP contribution is -2.38. The van der Waals surface area contributed by atoms with Crippen molar-refractivity contribution in [2.45, 2.75) is 25.7 Å². The standard InChI is InChI=1S/C28H32N2/c1-5-7-13-23(3)19-21-29-25-15-9-11-17-27(25)30(22-20-24(4)14-8-6-2)28-18-12-10-16-26(28)29/h5-11,13-17H,1-4,12,18-22H2. The Bertz CT molecular complexity index is 939. The number of para-hydroxylation sites is 2. The van der Waals surface area contributed by atoms with Crippen LogP contribution in [0.15, 0.2) is 122 Å². The van der Waals surface area contributed by atoms with Crippen molar-refractivity contribution in [2.24, 2.45) is 0 Å². The summed E-state index contributed by atoms with van der Waals surface area (Å²) < 4.78 is 0. The Hall–Kier alpha value is -3.26. The quantitative estimate of drug-likeness (QED) is 0.384. The second-order valence-corrected chi connectivity index (χ2v) is 7.57. The van der Waals surface area contributed by atoms with E-state index in [1.165, 1.54) is 22.8 Å². The molecule has 30 heavy (non-hydrogen) atoms. The predicted octanol–water partition coefficient (Wildman–Crippen LogP) is 7.25. The number of nitrogens with zero attached hydrogens (tertiary/aromatic N) is 2. The van der Waals surface area contributed by atoms with Crippen molar-refractivity contribution in [1.82, 2.24) is 0 Å². The Labute approximate surface area is 181 Å². The van der Waals surface area contributed by atoms with Gasteiger partial charge in [0.1, 0.15) is 0 Å². The third-order valence-corrected chi connectivity index (χ3v) is 5.45. The molecule has 2 nitrogen and oxygen atoms in total. The van der Waals surface area contributed by atoms with Gasteiger partial charge in [0.05, 0.1) is 17.1 Å². The van der Waals surface area contributed by atoms with Gasteiger partial charge in [-0.05, 0) is 43.9 Å². The van der Waals surface area contributed by atoms with Crippen LogP contribution in [0.2, 0.25) is 0 Å². The minimum atomic E-state index is 0.906. The highest BCUT2D eigenvalue weighted by atomic mass is 15.3. The monoisotopic (exact) mass is 396 g/mol. The molecule has 0 atom stereocenters. The number of benzene rings is 1. The highest BCUT2D eigenvalue weighted by Gasteiger charge is 2.29. The van der Waals surface area contributed by atoms with E-state index in [0.29, 0.717) is 0 Å². The molecule has 2 heteroatoms. The van der Waals surface area contributed by atoms with Crippen molar-refractivity contribution < 1.29 is 0 Å². The molecule has 1 aromatic carbocycles. The van der Waals surface area contributed by atoms with Gasteiger partial charge in [-0.2, -0.15) is 0 Å². The maximum Gasteiger partial charge on any atom is 0.0652 e. The molecule has 2 aliphatic rings. The van der Waals surface area contributed by atoms with Gasteiger partial charge in [-0.1, -0.05) is 92.1 Å². The zero-order valence-corrected chi connectivity index (χ0v) is 17.9. The van der Waals surface area contributed by atoms with Gasteiger partial charge in [0, 0.05) is 18.8 Å². The first-order chi connectivity index (χ1) is 14.7. The van der Waals surface area contributed by atoms with Crippen LogP contribution < -0.4 is 9.80 Å². The molecule has 0 amide bonds. The van der Waals surface area contributed by atoms with Gasteiger partial charge in [0.2, 0.25) is 0 Å². The molecule has 1 aromatic rings. The van der Waals surface area contributed by atoms with Gasteiger partial charge < -0.3 is 9.80 Å². The summed E-state index contributed by atoms with van der Waals surface area (Å²) in [5.41, 5.74) is 7.49. The highest BCUT2D eigenvalue weighted by molar-refractivity contribution is 5.80. The van der Waals surface area contributed by atoms with Crippen molar-refractivity contribution in [3.05, 3.63) is 122 Å².